The van der Waals surface area contributed by atoms with Gasteiger partial charge in [0.05, 0.1) is 14.2 Å². The maximum Gasteiger partial charge on any atom is 0.161 e. The molecule has 1 atom stereocenters. The van der Waals surface area contributed by atoms with Gasteiger partial charge in [-0.05, 0) is 83.8 Å². The molecule has 4 nitrogen and oxygen atoms in total. The van der Waals surface area contributed by atoms with Gasteiger partial charge in [0.1, 0.15) is 0 Å². The Labute approximate surface area is 222 Å². The van der Waals surface area contributed by atoms with E-state index in [9.17, 15) is 0 Å². The predicted octanol–water partition coefficient (Wildman–Crippen LogP) is 6.28. The third-order valence-electron chi connectivity index (χ3n) is 7.57. The molecule has 6 heteroatoms. The van der Waals surface area contributed by atoms with E-state index < -0.39 is 0 Å². The normalized spacial score (nSPS) is 18.3. The average molecular weight is 518 g/mol. The summed E-state index contributed by atoms with van der Waals surface area (Å²) in [6.07, 6.45) is 3.71. The smallest absolute Gasteiger partial charge is 0.161 e. The fourth-order valence-electron chi connectivity index (χ4n) is 5.78. The molecule has 0 aliphatic carbocycles. The van der Waals surface area contributed by atoms with Gasteiger partial charge in [0.15, 0.2) is 11.5 Å². The highest BCUT2D eigenvalue weighted by Crippen LogP contribution is 2.34. The molecule has 1 unspecified atom stereocenters. The summed E-state index contributed by atoms with van der Waals surface area (Å²) >= 11 is 0. The summed E-state index contributed by atoms with van der Waals surface area (Å²) in [5, 5.41) is 2.77. The lowest BCUT2D eigenvalue weighted by Crippen LogP contribution is -2.42. The molecular formula is C29H38Cl2N2O2. The highest BCUT2D eigenvalue weighted by Gasteiger charge is 2.26. The molecule has 0 bridgehead atoms. The summed E-state index contributed by atoms with van der Waals surface area (Å²) in [6.45, 7) is 9.03. The monoisotopic (exact) mass is 516 g/mol. The van der Waals surface area contributed by atoms with Crippen molar-refractivity contribution in [3.63, 3.8) is 0 Å². The summed E-state index contributed by atoms with van der Waals surface area (Å²) in [5.41, 5.74) is 5.70. The molecule has 1 fully saturated rings. The van der Waals surface area contributed by atoms with Crippen LogP contribution in [0.25, 0.3) is 10.8 Å². The number of hydrogen-bond donors (Lipinski definition) is 0. The minimum atomic E-state index is 0. The molecule has 0 N–H and O–H groups in total. The zero-order valence-electron chi connectivity index (χ0n) is 21.1. The van der Waals surface area contributed by atoms with Crippen LogP contribution in [-0.2, 0) is 19.5 Å². The number of hydrogen-bond acceptors (Lipinski definition) is 4. The minimum Gasteiger partial charge on any atom is -0.493 e. The fourth-order valence-corrected chi connectivity index (χ4v) is 5.78. The summed E-state index contributed by atoms with van der Waals surface area (Å²) < 4.78 is 11.1. The van der Waals surface area contributed by atoms with Gasteiger partial charge in [-0.25, -0.2) is 0 Å². The maximum absolute atomic E-state index is 5.55. The lowest BCUT2D eigenvalue weighted by molar-refractivity contribution is 0.122. The van der Waals surface area contributed by atoms with Crippen molar-refractivity contribution in [2.24, 2.45) is 5.92 Å². The van der Waals surface area contributed by atoms with Crippen molar-refractivity contribution in [3.05, 3.63) is 70.8 Å². The number of ether oxygens (including phenoxy) is 2. The second-order valence-corrected chi connectivity index (χ2v) is 9.79. The molecular weight excluding hydrogens is 479 g/mol. The SMILES string of the molecule is COc1cc2c(cc1OC)CN(CC1CCCN(Cc3c(C)ccc4ccccc34)C1)CC2.Cl.Cl. The van der Waals surface area contributed by atoms with Crippen LogP contribution in [0.4, 0.5) is 0 Å². The average Bonchev–Trinajstić information content (AvgIpc) is 2.85. The Morgan fingerprint density at radius 3 is 2.40 bits per heavy atom. The number of fused-ring (bicyclic) bond motifs is 2. The quantitative estimate of drug-likeness (QED) is 0.384. The lowest BCUT2D eigenvalue weighted by Gasteiger charge is -2.37. The highest BCUT2D eigenvalue weighted by atomic mass is 35.5. The molecule has 2 aliphatic heterocycles. The number of halogens is 2. The molecule has 0 aromatic heterocycles. The second kappa shape index (κ2) is 12.3. The van der Waals surface area contributed by atoms with Crippen molar-refractivity contribution in [3.8, 4) is 11.5 Å². The molecule has 2 aliphatic rings. The van der Waals surface area contributed by atoms with Crippen LogP contribution in [0.15, 0.2) is 48.5 Å². The predicted molar refractivity (Wildman–Crippen MR) is 150 cm³/mol. The van der Waals surface area contributed by atoms with Gasteiger partial charge in [0.2, 0.25) is 0 Å². The van der Waals surface area contributed by atoms with Gasteiger partial charge < -0.3 is 9.47 Å². The largest absolute Gasteiger partial charge is 0.493 e. The van der Waals surface area contributed by atoms with Crippen LogP contribution in [0.2, 0.25) is 0 Å². The van der Waals surface area contributed by atoms with E-state index in [0.29, 0.717) is 0 Å². The first-order chi connectivity index (χ1) is 16.1. The van der Waals surface area contributed by atoms with Gasteiger partial charge in [-0.2, -0.15) is 0 Å². The number of rotatable bonds is 6. The van der Waals surface area contributed by atoms with Crippen LogP contribution in [0.1, 0.15) is 35.1 Å². The Morgan fingerprint density at radius 1 is 0.886 bits per heavy atom. The third-order valence-corrected chi connectivity index (χ3v) is 7.57. The van der Waals surface area contributed by atoms with Gasteiger partial charge in [0, 0.05) is 32.7 Å². The van der Waals surface area contributed by atoms with E-state index in [2.05, 4.69) is 65.3 Å². The molecule has 1 saturated heterocycles. The number of aryl methyl sites for hydroxylation is 1. The molecule has 0 saturated carbocycles. The van der Waals surface area contributed by atoms with Crippen molar-refractivity contribution in [2.75, 3.05) is 40.4 Å². The van der Waals surface area contributed by atoms with Crippen LogP contribution in [0.5, 0.6) is 11.5 Å². The number of piperidine rings is 1. The van der Waals surface area contributed by atoms with E-state index >= 15 is 0 Å². The highest BCUT2D eigenvalue weighted by molar-refractivity contribution is 5.86. The number of methoxy groups -OCH3 is 2. The van der Waals surface area contributed by atoms with E-state index in [0.717, 1.165) is 43.5 Å². The van der Waals surface area contributed by atoms with Crippen LogP contribution in [0.3, 0.4) is 0 Å². The number of nitrogens with zero attached hydrogens (tertiary/aromatic N) is 2. The Morgan fingerprint density at radius 2 is 1.63 bits per heavy atom. The van der Waals surface area contributed by atoms with Gasteiger partial charge in [-0.3, -0.25) is 9.80 Å². The molecule has 3 aromatic carbocycles. The summed E-state index contributed by atoms with van der Waals surface area (Å²) in [7, 11) is 3.44. The van der Waals surface area contributed by atoms with Crippen LogP contribution >= 0.6 is 24.8 Å². The minimum absolute atomic E-state index is 0. The van der Waals surface area contributed by atoms with Crippen LogP contribution in [-0.4, -0.2) is 50.2 Å². The Hall–Kier alpha value is -1.98. The van der Waals surface area contributed by atoms with Gasteiger partial charge in [-0.1, -0.05) is 36.4 Å². The number of likely N-dealkylation sites (tertiary alicyclic amines) is 1. The Balaban J connectivity index is 0.00000171. The van der Waals surface area contributed by atoms with E-state index in [4.69, 9.17) is 9.47 Å². The van der Waals surface area contributed by atoms with Crippen molar-refractivity contribution >= 4 is 35.6 Å². The van der Waals surface area contributed by atoms with Crippen LogP contribution in [0, 0.1) is 12.8 Å². The molecule has 5 rings (SSSR count). The van der Waals surface area contributed by atoms with Crippen molar-refractivity contribution < 1.29 is 9.47 Å². The molecule has 190 valence electrons. The van der Waals surface area contributed by atoms with Gasteiger partial charge >= 0.3 is 0 Å². The van der Waals surface area contributed by atoms with Crippen molar-refractivity contribution in [1.29, 1.82) is 0 Å². The van der Waals surface area contributed by atoms with Crippen molar-refractivity contribution in [1.82, 2.24) is 9.80 Å². The zero-order chi connectivity index (χ0) is 22.8. The molecule has 0 radical (unpaired) electrons. The molecule has 2 heterocycles. The van der Waals surface area contributed by atoms with Gasteiger partial charge in [0.25, 0.3) is 0 Å². The van der Waals surface area contributed by atoms with E-state index in [1.54, 1.807) is 14.2 Å². The topological polar surface area (TPSA) is 24.9 Å². The Kier molecular flexibility index (Phi) is 9.71. The first kappa shape index (κ1) is 27.6. The Bertz CT molecular complexity index is 1140. The third kappa shape index (κ3) is 6.06. The molecule has 0 spiro atoms. The second-order valence-electron chi connectivity index (χ2n) is 9.79. The first-order valence-corrected chi connectivity index (χ1v) is 12.3. The fraction of sp³-hybridized carbons (Fsp3) is 0.448. The first-order valence-electron chi connectivity index (χ1n) is 12.3. The van der Waals surface area contributed by atoms with E-state index in [1.165, 1.54) is 65.5 Å². The number of benzene rings is 3. The van der Waals surface area contributed by atoms with Crippen LogP contribution < -0.4 is 9.47 Å². The zero-order valence-corrected chi connectivity index (χ0v) is 22.7. The molecule has 3 aromatic rings. The summed E-state index contributed by atoms with van der Waals surface area (Å²) in [5.74, 6) is 2.42. The maximum atomic E-state index is 5.55. The standard InChI is InChI=1S/C29H36N2O2.2ClH/c1-21-10-11-23-8-4-5-9-26(23)27(21)20-30-13-6-7-22(17-30)18-31-14-12-24-15-28(32-2)29(33-3)16-25(24)19-31;;/h4-5,8-11,15-16,22H,6-7,12-14,17-20H2,1-3H3;2*1H. The van der Waals surface area contributed by atoms with E-state index in [1.807, 2.05) is 0 Å². The lowest BCUT2D eigenvalue weighted by atomic mass is 9.93. The van der Waals surface area contributed by atoms with Crippen molar-refractivity contribution in [2.45, 2.75) is 39.3 Å². The molecule has 35 heavy (non-hydrogen) atoms. The van der Waals surface area contributed by atoms with E-state index in [-0.39, 0.29) is 24.8 Å². The molecule has 0 amide bonds. The summed E-state index contributed by atoms with van der Waals surface area (Å²) in [6, 6.07) is 17.7. The summed E-state index contributed by atoms with van der Waals surface area (Å²) in [4.78, 5) is 5.33. The van der Waals surface area contributed by atoms with Gasteiger partial charge in [-0.15, -0.1) is 24.8 Å².